The van der Waals surface area contributed by atoms with Crippen molar-refractivity contribution < 1.29 is 22.8 Å². The fourth-order valence-electron chi connectivity index (χ4n) is 5.94. The minimum atomic E-state index is -3.25. The Bertz CT molecular complexity index is 1330. The first-order valence-corrected chi connectivity index (χ1v) is 15.4. The topological polar surface area (TPSA) is 95.1 Å². The number of hydrogen-bond donors (Lipinski definition) is 0. The molecule has 2 saturated heterocycles. The van der Waals surface area contributed by atoms with Crippen LogP contribution in [0.2, 0.25) is 0 Å². The van der Waals surface area contributed by atoms with Crippen LogP contribution in [0.4, 0.5) is 5.69 Å². The number of carbonyl (C=O) groups excluding carboxylic acids is 3. The second-order valence-corrected chi connectivity index (χ2v) is 12.8. The van der Waals surface area contributed by atoms with E-state index in [1.54, 1.807) is 12.1 Å². The SMILES string of the molecule is CCCCN(Cc1ccccc1)C(=O)[C@H]1CCCN(c2cccc3c2C(=O)N([C@@H]2CCS(=O)(=O)C2)C3=O)C1. The van der Waals surface area contributed by atoms with Crippen molar-refractivity contribution in [2.75, 3.05) is 36.0 Å². The average molecular weight is 538 g/mol. The molecule has 0 unspecified atom stereocenters. The Morgan fingerprint density at radius 3 is 2.53 bits per heavy atom. The molecule has 0 saturated carbocycles. The summed E-state index contributed by atoms with van der Waals surface area (Å²) in [6.07, 6.45) is 3.80. The Hall–Kier alpha value is -3.20. The molecule has 8 nitrogen and oxygen atoms in total. The van der Waals surface area contributed by atoms with E-state index >= 15 is 0 Å². The molecule has 3 heterocycles. The maximum atomic E-state index is 13.7. The molecule has 0 aliphatic carbocycles. The lowest BCUT2D eigenvalue weighted by atomic mass is 9.94. The molecular weight excluding hydrogens is 502 g/mol. The summed E-state index contributed by atoms with van der Waals surface area (Å²) in [4.78, 5) is 45.6. The number of rotatable bonds is 8. The summed E-state index contributed by atoms with van der Waals surface area (Å²) in [6, 6.07) is 14.6. The summed E-state index contributed by atoms with van der Waals surface area (Å²) in [5.74, 6) is -1.12. The van der Waals surface area contributed by atoms with Gasteiger partial charge in [-0.15, -0.1) is 0 Å². The first-order valence-electron chi connectivity index (χ1n) is 13.6. The van der Waals surface area contributed by atoms with Gasteiger partial charge in [0.2, 0.25) is 5.91 Å². The molecule has 2 aromatic rings. The van der Waals surface area contributed by atoms with Gasteiger partial charge in [0.1, 0.15) is 0 Å². The van der Waals surface area contributed by atoms with E-state index in [1.165, 1.54) is 0 Å². The van der Waals surface area contributed by atoms with Gasteiger partial charge >= 0.3 is 0 Å². The number of fused-ring (bicyclic) bond motifs is 1. The number of benzene rings is 2. The van der Waals surface area contributed by atoms with E-state index in [1.807, 2.05) is 41.3 Å². The Morgan fingerprint density at radius 1 is 1.03 bits per heavy atom. The van der Waals surface area contributed by atoms with E-state index in [2.05, 4.69) is 11.8 Å². The highest BCUT2D eigenvalue weighted by Gasteiger charge is 2.46. The number of hydrogen-bond acceptors (Lipinski definition) is 6. The van der Waals surface area contributed by atoms with Crippen LogP contribution in [-0.2, 0) is 21.2 Å². The van der Waals surface area contributed by atoms with Crippen molar-refractivity contribution in [3.63, 3.8) is 0 Å². The first kappa shape index (κ1) is 26.4. The highest BCUT2D eigenvalue weighted by Crippen LogP contribution is 2.36. The van der Waals surface area contributed by atoms with Gasteiger partial charge in [-0.05, 0) is 43.4 Å². The van der Waals surface area contributed by atoms with Gasteiger partial charge in [-0.3, -0.25) is 19.3 Å². The average Bonchev–Trinajstić information content (AvgIpc) is 3.41. The van der Waals surface area contributed by atoms with Crippen molar-refractivity contribution in [3.05, 3.63) is 65.2 Å². The van der Waals surface area contributed by atoms with Crippen LogP contribution in [-0.4, -0.2) is 73.1 Å². The molecule has 3 amide bonds. The van der Waals surface area contributed by atoms with E-state index in [4.69, 9.17) is 0 Å². The highest BCUT2D eigenvalue weighted by atomic mass is 32.2. The lowest BCUT2D eigenvalue weighted by molar-refractivity contribution is -0.136. The number of imide groups is 1. The molecule has 3 aliphatic heterocycles. The second-order valence-electron chi connectivity index (χ2n) is 10.6. The van der Waals surface area contributed by atoms with Gasteiger partial charge in [-0.1, -0.05) is 49.7 Å². The maximum absolute atomic E-state index is 13.7. The number of unbranched alkanes of at least 4 members (excludes halogenated alkanes) is 1. The number of anilines is 1. The molecule has 202 valence electrons. The second kappa shape index (κ2) is 10.9. The van der Waals surface area contributed by atoms with Crippen molar-refractivity contribution in [1.29, 1.82) is 0 Å². The summed E-state index contributed by atoms with van der Waals surface area (Å²) in [6.45, 7) is 4.56. The predicted molar refractivity (Wildman–Crippen MR) is 146 cm³/mol. The van der Waals surface area contributed by atoms with Gasteiger partial charge in [0.15, 0.2) is 9.84 Å². The van der Waals surface area contributed by atoms with Crippen LogP contribution in [0.25, 0.3) is 0 Å². The lowest BCUT2D eigenvalue weighted by Crippen LogP contribution is -2.45. The smallest absolute Gasteiger partial charge is 0.263 e. The molecule has 5 rings (SSSR count). The van der Waals surface area contributed by atoms with Crippen LogP contribution in [0.15, 0.2) is 48.5 Å². The minimum absolute atomic E-state index is 0.00857. The molecule has 9 heteroatoms. The number of amides is 3. The van der Waals surface area contributed by atoms with Gasteiger partial charge in [0, 0.05) is 26.2 Å². The summed E-state index contributed by atoms with van der Waals surface area (Å²) < 4.78 is 24.1. The number of piperidine rings is 1. The third kappa shape index (κ3) is 5.21. The molecule has 2 fully saturated rings. The molecule has 0 N–H and O–H groups in total. The third-order valence-electron chi connectivity index (χ3n) is 7.92. The Kier molecular flexibility index (Phi) is 7.56. The van der Waals surface area contributed by atoms with Crippen LogP contribution < -0.4 is 4.90 Å². The van der Waals surface area contributed by atoms with Gasteiger partial charge in [0.25, 0.3) is 11.8 Å². The van der Waals surface area contributed by atoms with E-state index in [-0.39, 0.29) is 29.8 Å². The number of sulfone groups is 1. The molecule has 0 bridgehead atoms. The van der Waals surface area contributed by atoms with Gasteiger partial charge in [-0.2, -0.15) is 0 Å². The lowest BCUT2D eigenvalue weighted by Gasteiger charge is -2.37. The Balaban J connectivity index is 1.36. The van der Waals surface area contributed by atoms with Crippen molar-refractivity contribution in [1.82, 2.24) is 9.80 Å². The van der Waals surface area contributed by atoms with Crippen molar-refractivity contribution >= 4 is 33.2 Å². The molecule has 0 radical (unpaired) electrons. The van der Waals surface area contributed by atoms with E-state index < -0.39 is 27.7 Å². The standard InChI is InChI=1S/C29H35N3O5S/c1-2-3-15-31(18-21-9-5-4-6-10-21)27(33)22-11-8-16-30(19-22)25-13-7-12-24-26(25)29(35)32(28(24)34)23-14-17-38(36,37)20-23/h4-7,9-10,12-13,22-23H,2-3,8,11,14-20H2,1H3/t22-,23+/m0/s1. The largest absolute Gasteiger partial charge is 0.370 e. The fraction of sp³-hybridized carbons (Fsp3) is 0.483. The maximum Gasteiger partial charge on any atom is 0.263 e. The van der Waals surface area contributed by atoms with Crippen LogP contribution in [0, 0.1) is 5.92 Å². The zero-order valence-corrected chi connectivity index (χ0v) is 22.7. The molecule has 2 atom stereocenters. The van der Waals surface area contributed by atoms with Crippen LogP contribution in [0.1, 0.15) is 65.3 Å². The Labute approximate surface area is 224 Å². The summed E-state index contributed by atoms with van der Waals surface area (Å²) >= 11 is 0. The minimum Gasteiger partial charge on any atom is -0.370 e. The highest BCUT2D eigenvalue weighted by molar-refractivity contribution is 7.91. The normalized spacial score (nSPS) is 22.6. The molecule has 2 aromatic carbocycles. The number of nitrogens with zero attached hydrogens (tertiary/aromatic N) is 3. The van der Waals surface area contributed by atoms with E-state index in [0.29, 0.717) is 43.0 Å². The van der Waals surface area contributed by atoms with Crippen LogP contribution in [0.3, 0.4) is 0 Å². The molecule has 0 spiro atoms. The fourth-order valence-corrected chi connectivity index (χ4v) is 7.64. The van der Waals surface area contributed by atoms with E-state index in [0.717, 1.165) is 36.1 Å². The molecular formula is C29H35N3O5S. The molecule has 38 heavy (non-hydrogen) atoms. The predicted octanol–water partition coefficient (Wildman–Crippen LogP) is 3.52. The summed E-state index contributed by atoms with van der Waals surface area (Å²) in [5.41, 5.74) is 2.41. The monoisotopic (exact) mass is 537 g/mol. The third-order valence-corrected chi connectivity index (χ3v) is 9.67. The van der Waals surface area contributed by atoms with Gasteiger partial charge in [-0.25, -0.2) is 8.42 Å². The van der Waals surface area contributed by atoms with Crippen molar-refractivity contribution in [2.45, 2.75) is 51.6 Å². The Morgan fingerprint density at radius 2 is 1.82 bits per heavy atom. The van der Waals surface area contributed by atoms with Crippen molar-refractivity contribution in [2.24, 2.45) is 5.92 Å². The van der Waals surface area contributed by atoms with Crippen molar-refractivity contribution in [3.8, 4) is 0 Å². The summed E-state index contributed by atoms with van der Waals surface area (Å²) in [7, 11) is -3.25. The van der Waals surface area contributed by atoms with Gasteiger partial charge < -0.3 is 9.80 Å². The quantitative estimate of drug-likeness (QED) is 0.479. The van der Waals surface area contributed by atoms with Crippen LogP contribution in [0.5, 0.6) is 0 Å². The molecule has 3 aliphatic rings. The first-order chi connectivity index (χ1) is 18.3. The molecule has 0 aromatic heterocycles. The zero-order chi connectivity index (χ0) is 26.9. The number of carbonyl (C=O) groups is 3. The van der Waals surface area contributed by atoms with Crippen LogP contribution >= 0.6 is 0 Å². The summed E-state index contributed by atoms with van der Waals surface area (Å²) in [5, 5.41) is 0. The van der Waals surface area contributed by atoms with E-state index in [9.17, 15) is 22.8 Å². The van der Waals surface area contributed by atoms with Gasteiger partial charge in [0.05, 0.1) is 40.3 Å². The zero-order valence-electron chi connectivity index (χ0n) is 21.8.